The SMILES string of the molecule is C[C@@H](O)[C@H]1CC[C@@]2(C)C3=C(CC[C@]12C)[C@@]1(C)[C@H](O)[C@@H](O)[C@H](O)C(C)(C)[C@@H]1CC3. The number of aliphatic hydroxyl groups excluding tert-OH is 4. The van der Waals surface area contributed by atoms with Crippen molar-refractivity contribution in [1.29, 1.82) is 0 Å². The van der Waals surface area contributed by atoms with Crippen molar-refractivity contribution < 1.29 is 20.4 Å². The molecule has 0 aromatic rings. The molecule has 0 aliphatic heterocycles. The van der Waals surface area contributed by atoms with Gasteiger partial charge in [0.05, 0.1) is 18.3 Å². The standard InChI is InChI=1S/C24H40O4/c1-13(25)14-9-11-23(5)15-7-8-17-21(2,3)19(27)18(26)20(28)24(17,6)16(15)10-12-22(14,23)4/h13-14,17-20,25-28H,7-12H2,1-6H3/t13-,14-,17+,18+,19+,20-,22-,23+,24-/m1/s1. The highest BCUT2D eigenvalue weighted by atomic mass is 16.4. The Kier molecular flexibility index (Phi) is 4.51. The summed E-state index contributed by atoms with van der Waals surface area (Å²) in [7, 11) is 0. The molecule has 0 bridgehead atoms. The molecule has 0 aromatic heterocycles. The van der Waals surface area contributed by atoms with Gasteiger partial charge in [-0.3, -0.25) is 0 Å². The van der Waals surface area contributed by atoms with Crippen molar-refractivity contribution in [2.45, 2.75) is 104 Å². The Morgan fingerprint density at radius 2 is 1.50 bits per heavy atom. The van der Waals surface area contributed by atoms with Crippen LogP contribution in [0.1, 0.15) is 80.1 Å². The van der Waals surface area contributed by atoms with E-state index in [9.17, 15) is 20.4 Å². The highest BCUT2D eigenvalue weighted by molar-refractivity contribution is 5.40. The Morgan fingerprint density at radius 3 is 2.11 bits per heavy atom. The summed E-state index contributed by atoms with van der Waals surface area (Å²) in [5.41, 5.74) is 2.02. The number of hydrogen-bond donors (Lipinski definition) is 4. The summed E-state index contributed by atoms with van der Waals surface area (Å²) < 4.78 is 0. The summed E-state index contributed by atoms with van der Waals surface area (Å²) in [6.07, 6.45) is 2.78. The summed E-state index contributed by atoms with van der Waals surface area (Å²) in [5, 5.41) is 43.1. The second-order valence-corrected chi connectivity index (χ2v) is 11.7. The van der Waals surface area contributed by atoms with Gasteiger partial charge in [0.25, 0.3) is 0 Å². The molecule has 160 valence electrons. The van der Waals surface area contributed by atoms with Gasteiger partial charge in [-0.25, -0.2) is 0 Å². The van der Waals surface area contributed by atoms with Crippen molar-refractivity contribution >= 4 is 0 Å². The summed E-state index contributed by atoms with van der Waals surface area (Å²) in [6.45, 7) is 12.9. The molecular weight excluding hydrogens is 352 g/mol. The minimum absolute atomic E-state index is 0.0428. The molecule has 0 radical (unpaired) electrons. The normalized spacial score (nSPS) is 54.0. The molecule has 0 saturated heterocycles. The number of fused-ring (bicyclic) bond motifs is 4. The van der Waals surface area contributed by atoms with Gasteiger partial charge in [-0.1, -0.05) is 45.8 Å². The first-order valence-corrected chi connectivity index (χ1v) is 11.3. The average molecular weight is 393 g/mol. The van der Waals surface area contributed by atoms with Gasteiger partial charge >= 0.3 is 0 Å². The van der Waals surface area contributed by atoms with E-state index in [0.29, 0.717) is 5.92 Å². The fourth-order valence-corrected chi connectivity index (χ4v) is 8.58. The number of rotatable bonds is 1. The number of aliphatic hydroxyl groups is 4. The number of hydrogen-bond acceptors (Lipinski definition) is 4. The molecule has 0 amide bonds. The van der Waals surface area contributed by atoms with Crippen molar-refractivity contribution in [3.8, 4) is 0 Å². The van der Waals surface area contributed by atoms with Gasteiger partial charge in [0, 0.05) is 5.41 Å². The maximum absolute atomic E-state index is 11.2. The van der Waals surface area contributed by atoms with Crippen LogP contribution in [0.2, 0.25) is 0 Å². The third-order valence-corrected chi connectivity index (χ3v) is 10.5. The molecule has 4 nitrogen and oxygen atoms in total. The Hall–Kier alpha value is -0.420. The molecule has 2 fully saturated rings. The van der Waals surface area contributed by atoms with Crippen molar-refractivity contribution in [2.24, 2.45) is 33.5 Å². The first-order chi connectivity index (χ1) is 12.8. The molecule has 0 heterocycles. The summed E-state index contributed by atoms with van der Waals surface area (Å²) in [6, 6.07) is 0. The Labute approximate surface area is 170 Å². The van der Waals surface area contributed by atoms with Crippen LogP contribution >= 0.6 is 0 Å². The van der Waals surface area contributed by atoms with Crippen LogP contribution in [0.3, 0.4) is 0 Å². The van der Waals surface area contributed by atoms with Crippen molar-refractivity contribution in [2.75, 3.05) is 0 Å². The van der Waals surface area contributed by atoms with Crippen molar-refractivity contribution in [3.05, 3.63) is 11.1 Å². The molecular formula is C24H40O4. The van der Waals surface area contributed by atoms with E-state index in [2.05, 4.69) is 34.6 Å². The highest BCUT2D eigenvalue weighted by Gasteiger charge is 2.66. The average Bonchev–Trinajstić information content (AvgIpc) is 2.90. The fourth-order valence-electron chi connectivity index (χ4n) is 8.58. The molecule has 0 spiro atoms. The second-order valence-electron chi connectivity index (χ2n) is 11.7. The van der Waals surface area contributed by atoms with Crippen LogP contribution in [0.5, 0.6) is 0 Å². The highest BCUT2D eigenvalue weighted by Crippen LogP contribution is 2.71. The second kappa shape index (κ2) is 6.06. The maximum atomic E-state index is 11.2. The maximum Gasteiger partial charge on any atom is 0.107 e. The summed E-state index contributed by atoms with van der Waals surface area (Å²) in [5.74, 6) is 0.464. The minimum atomic E-state index is -1.11. The number of allylic oxidation sites excluding steroid dienone is 1. The monoisotopic (exact) mass is 392 g/mol. The molecule has 0 unspecified atom stereocenters. The molecule has 2 saturated carbocycles. The van der Waals surface area contributed by atoms with Crippen LogP contribution in [0.25, 0.3) is 0 Å². The van der Waals surface area contributed by atoms with E-state index in [1.165, 1.54) is 11.1 Å². The van der Waals surface area contributed by atoms with Crippen LogP contribution in [0, 0.1) is 33.5 Å². The zero-order valence-electron chi connectivity index (χ0n) is 18.5. The molecule has 28 heavy (non-hydrogen) atoms. The first-order valence-electron chi connectivity index (χ1n) is 11.3. The summed E-state index contributed by atoms with van der Waals surface area (Å²) in [4.78, 5) is 0. The third-order valence-electron chi connectivity index (χ3n) is 10.5. The minimum Gasteiger partial charge on any atom is -0.393 e. The van der Waals surface area contributed by atoms with E-state index in [1.807, 2.05) is 6.92 Å². The van der Waals surface area contributed by atoms with E-state index >= 15 is 0 Å². The quantitative estimate of drug-likeness (QED) is 0.516. The molecule has 4 aliphatic carbocycles. The van der Waals surface area contributed by atoms with E-state index < -0.39 is 29.1 Å². The van der Waals surface area contributed by atoms with Gasteiger partial charge in [-0.2, -0.15) is 0 Å². The van der Waals surface area contributed by atoms with Crippen LogP contribution < -0.4 is 0 Å². The molecule has 4 rings (SSSR count). The molecule has 0 aromatic carbocycles. The Balaban J connectivity index is 1.86. The van der Waals surface area contributed by atoms with Crippen molar-refractivity contribution in [1.82, 2.24) is 0 Å². The van der Waals surface area contributed by atoms with Gasteiger partial charge in [-0.15, -0.1) is 0 Å². The zero-order valence-corrected chi connectivity index (χ0v) is 18.5. The predicted molar refractivity (Wildman–Crippen MR) is 110 cm³/mol. The Morgan fingerprint density at radius 1 is 0.857 bits per heavy atom. The molecule has 4 N–H and O–H groups in total. The molecule has 4 heteroatoms. The Bertz CT molecular complexity index is 697. The fraction of sp³-hybridized carbons (Fsp3) is 0.917. The van der Waals surface area contributed by atoms with Crippen LogP contribution in [0.15, 0.2) is 11.1 Å². The van der Waals surface area contributed by atoms with Gasteiger partial charge in [0.1, 0.15) is 6.10 Å². The van der Waals surface area contributed by atoms with E-state index in [0.717, 1.165) is 38.5 Å². The third kappa shape index (κ3) is 2.21. The van der Waals surface area contributed by atoms with Crippen LogP contribution in [0.4, 0.5) is 0 Å². The summed E-state index contributed by atoms with van der Waals surface area (Å²) >= 11 is 0. The van der Waals surface area contributed by atoms with Gasteiger partial charge in [0.15, 0.2) is 0 Å². The lowest BCUT2D eigenvalue weighted by molar-refractivity contribution is -0.217. The topological polar surface area (TPSA) is 80.9 Å². The van der Waals surface area contributed by atoms with E-state index in [-0.39, 0.29) is 22.9 Å². The van der Waals surface area contributed by atoms with Crippen molar-refractivity contribution in [3.63, 3.8) is 0 Å². The lowest BCUT2D eigenvalue weighted by Gasteiger charge is -2.64. The first kappa shape index (κ1) is 20.8. The lowest BCUT2D eigenvalue weighted by atomic mass is 9.42. The van der Waals surface area contributed by atoms with Crippen LogP contribution in [-0.4, -0.2) is 44.8 Å². The largest absolute Gasteiger partial charge is 0.393 e. The van der Waals surface area contributed by atoms with Gasteiger partial charge in [0.2, 0.25) is 0 Å². The van der Waals surface area contributed by atoms with Gasteiger partial charge < -0.3 is 20.4 Å². The predicted octanol–water partition coefficient (Wildman–Crippen LogP) is 3.42. The smallest absolute Gasteiger partial charge is 0.107 e. The van der Waals surface area contributed by atoms with Gasteiger partial charge in [-0.05, 0) is 73.5 Å². The van der Waals surface area contributed by atoms with E-state index in [1.54, 1.807) is 0 Å². The zero-order chi connectivity index (χ0) is 20.9. The molecule has 9 atom stereocenters. The van der Waals surface area contributed by atoms with E-state index in [4.69, 9.17) is 0 Å². The van der Waals surface area contributed by atoms with Crippen LogP contribution in [-0.2, 0) is 0 Å². The molecule has 4 aliphatic rings. The lowest BCUT2D eigenvalue weighted by Crippen LogP contribution is -2.66.